The molecule has 1 N–H and O–H groups in total. The zero-order valence-corrected chi connectivity index (χ0v) is 21.7. The Morgan fingerprint density at radius 2 is 1.77 bits per heavy atom. The van der Waals surface area contributed by atoms with Crippen molar-refractivity contribution in [3.63, 3.8) is 0 Å². The van der Waals surface area contributed by atoms with Crippen LogP contribution in [0.5, 0.6) is 0 Å². The third kappa shape index (κ3) is 4.42. The predicted molar refractivity (Wildman–Crippen MR) is 142 cm³/mol. The average Bonchev–Trinajstić information content (AvgIpc) is 3.32. The number of carbonyl (C=O) groups is 1. The highest BCUT2D eigenvalue weighted by molar-refractivity contribution is 7.15. The third-order valence-corrected chi connectivity index (χ3v) is 7.83. The molecule has 5 rings (SSSR count). The van der Waals surface area contributed by atoms with E-state index in [1.807, 2.05) is 55.5 Å². The summed E-state index contributed by atoms with van der Waals surface area (Å²) in [5.74, 6) is 1.32. The second-order valence-corrected chi connectivity index (χ2v) is 10.3. The van der Waals surface area contributed by atoms with Crippen molar-refractivity contribution >= 4 is 40.2 Å². The number of hydrogen-bond donors (Lipinski definition) is 1. The van der Waals surface area contributed by atoms with Crippen LogP contribution in [-0.4, -0.2) is 26.4 Å². The van der Waals surface area contributed by atoms with E-state index in [0.717, 1.165) is 39.8 Å². The van der Waals surface area contributed by atoms with E-state index in [2.05, 4.69) is 40.9 Å². The third-order valence-electron chi connectivity index (χ3n) is 6.38. The maximum absolute atomic E-state index is 13.1. The maximum Gasteiger partial charge on any atom is 0.227 e. The van der Waals surface area contributed by atoms with Gasteiger partial charge in [0.05, 0.1) is 12.1 Å². The number of hydrogen-bond acceptors (Lipinski definition) is 5. The monoisotopic (exact) mass is 503 g/mol. The summed E-state index contributed by atoms with van der Waals surface area (Å²) >= 11 is 7.87. The second-order valence-electron chi connectivity index (χ2n) is 8.71. The minimum atomic E-state index is -0.490. The highest BCUT2D eigenvalue weighted by Crippen LogP contribution is 2.39. The van der Waals surface area contributed by atoms with Crippen molar-refractivity contribution in [3.05, 3.63) is 92.3 Å². The largest absolute Gasteiger partial charge is 0.326 e. The molecule has 1 amide bonds. The Morgan fingerprint density at radius 3 is 2.46 bits per heavy atom. The van der Waals surface area contributed by atoms with Gasteiger partial charge in [-0.15, -0.1) is 21.5 Å². The molecule has 0 spiro atoms. The SMILES string of the molecule is CCc1ccc(NC(=O)C[C@@H]2N=C(c3ccc(Cl)cc3)c3c(sc(C)c3C)-n3c(C)nnc32)cc1. The van der Waals surface area contributed by atoms with Gasteiger partial charge in [0.15, 0.2) is 5.82 Å². The zero-order chi connectivity index (χ0) is 24.7. The van der Waals surface area contributed by atoms with Crippen LogP contribution in [0.3, 0.4) is 0 Å². The number of carbonyl (C=O) groups excluding carboxylic acids is 1. The van der Waals surface area contributed by atoms with E-state index in [1.54, 1.807) is 11.3 Å². The first-order valence-corrected chi connectivity index (χ1v) is 12.8. The maximum atomic E-state index is 13.1. The smallest absolute Gasteiger partial charge is 0.227 e. The number of anilines is 1. The summed E-state index contributed by atoms with van der Waals surface area (Å²) in [6.07, 6.45) is 1.11. The molecule has 0 radical (unpaired) electrons. The summed E-state index contributed by atoms with van der Waals surface area (Å²) in [4.78, 5) is 19.5. The molecule has 0 saturated heterocycles. The number of rotatable bonds is 5. The lowest BCUT2D eigenvalue weighted by Crippen LogP contribution is -2.17. The van der Waals surface area contributed by atoms with Crippen LogP contribution < -0.4 is 5.32 Å². The first-order valence-electron chi connectivity index (χ1n) is 11.6. The number of halogens is 1. The van der Waals surface area contributed by atoms with Crippen LogP contribution in [0.4, 0.5) is 5.69 Å². The van der Waals surface area contributed by atoms with E-state index in [-0.39, 0.29) is 12.3 Å². The lowest BCUT2D eigenvalue weighted by Gasteiger charge is -2.13. The molecule has 0 unspecified atom stereocenters. The van der Waals surface area contributed by atoms with Gasteiger partial charge in [0.25, 0.3) is 0 Å². The van der Waals surface area contributed by atoms with Crippen molar-refractivity contribution < 1.29 is 4.79 Å². The van der Waals surface area contributed by atoms with Crippen LogP contribution in [0.2, 0.25) is 5.02 Å². The van der Waals surface area contributed by atoms with Crippen molar-refractivity contribution in [1.82, 2.24) is 14.8 Å². The molecule has 0 fully saturated rings. The molecule has 8 heteroatoms. The van der Waals surface area contributed by atoms with Crippen LogP contribution in [0.25, 0.3) is 5.00 Å². The van der Waals surface area contributed by atoms with Gasteiger partial charge >= 0.3 is 0 Å². The summed E-state index contributed by atoms with van der Waals surface area (Å²) in [7, 11) is 0. The Labute approximate surface area is 213 Å². The molecule has 2 aromatic heterocycles. The standard InChI is InChI=1S/C27H26ClN5OS/c1-5-18-6-12-21(13-7-18)29-23(34)14-22-26-32-31-17(4)33(26)27-24(15(2)16(3)35-27)25(30-22)19-8-10-20(28)11-9-19/h6-13,22H,5,14H2,1-4H3,(H,29,34)/t22-/m0/s1. The molecule has 6 nitrogen and oxygen atoms in total. The van der Waals surface area contributed by atoms with Gasteiger partial charge in [-0.25, -0.2) is 0 Å². The first kappa shape index (κ1) is 23.5. The number of aromatic nitrogens is 3. The molecule has 35 heavy (non-hydrogen) atoms. The van der Waals surface area contributed by atoms with Crippen LogP contribution in [0, 0.1) is 20.8 Å². The number of aliphatic imine (C=N–C) groups is 1. The molecule has 1 aliphatic heterocycles. The van der Waals surface area contributed by atoms with Gasteiger partial charge in [-0.3, -0.25) is 14.4 Å². The normalized spacial score (nSPS) is 14.7. The minimum absolute atomic E-state index is 0.121. The van der Waals surface area contributed by atoms with Gasteiger partial charge in [0, 0.05) is 26.7 Å². The molecule has 0 saturated carbocycles. The average molecular weight is 504 g/mol. The van der Waals surface area contributed by atoms with Gasteiger partial charge in [-0.2, -0.15) is 0 Å². The number of aryl methyl sites for hydroxylation is 3. The molecule has 2 aromatic carbocycles. The molecule has 178 valence electrons. The fraction of sp³-hybridized carbons (Fsp3) is 0.259. The number of fused-ring (bicyclic) bond motifs is 3. The van der Waals surface area contributed by atoms with E-state index in [0.29, 0.717) is 10.8 Å². The fourth-order valence-corrected chi connectivity index (χ4v) is 5.68. The Morgan fingerprint density at radius 1 is 1.06 bits per heavy atom. The van der Waals surface area contributed by atoms with E-state index >= 15 is 0 Å². The van der Waals surface area contributed by atoms with Crippen molar-refractivity contribution in [2.24, 2.45) is 4.99 Å². The van der Waals surface area contributed by atoms with E-state index in [1.165, 1.54) is 16.0 Å². The van der Waals surface area contributed by atoms with Gasteiger partial charge in [0.1, 0.15) is 16.9 Å². The molecule has 1 atom stereocenters. The Balaban J connectivity index is 1.58. The Bertz CT molecular complexity index is 1430. The molecule has 0 bridgehead atoms. The van der Waals surface area contributed by atoms with E-state index < -0.39 is 6.04 Å². The number of nitrogens with zero attached hydrogens (tertiary/aromatic N) is 4. The number of amides is 1. The van der Waals surface area contributed by atoms with Crippen LogP contribution in [-0.2, 0) is 11.2 Å². The summed E-state index contributed by atoms with van der Waals surface area (Å²) < 4.78 is 2.06. The summed E-state index contributed by atoms with van der Waals surface area (Å²) in [5, 5.41) is 13.5. The summed E-state index contributed by atoms with van der Waals surface area (Å²) in [6.45, 7) is 8.27. The van der Waals surface area contributed by atoms with Crippen LogP contribution in [0.15, 0.2) is 53.5 Å². The highest BCUT2D eigenvalue weighted by atomic mass is 35.5. The quantitative estimate of drug-likeness (QED) is 0.343. The summed E-state index contributed by atoms with van der Waals surface area (Å²) in [6, 6.07) is 15.1. The fourth-order valence-electron chi connectivity index (χ4n) is 4.34. The number of thiophene rings is 1. The topological polar surface area (TPSA) is 72.2 Å². The Hall–Kier alpha value is -3.29. The highest BCUT2D eigenvalue weighted by Gasteiger charge is 2.32. The van der Waals surface area contributed by atoms with E-state index in [9.17, 15) is 4.79 Å². The molecule has 0 aliphatic carbocycles. The first-order chi connectivity index (χ1) is 16.9. The van der Waals surface area contributed by atoms with Gasteiger partial charge in [-0.05, 0) is 62.6 Å². The van der Waals surface area contributed by atoms with Gasteiger partial charge in [-0.1, -0.05) is 42.8 Å². The number of benzene rings is 2. The summed E-state index contributed by atoms with van der Waals surface area (Å²) in [5.41, 5.74) is 6.01. The number of nitrogens with one attached hydrogen (secondary N) is 1. The van der Waals surface area contributed by atoms with Gasteiger partial charge in [0.2, 0.25) is 5.91 Å². The lowest BCUT2D eigenvalue weighted by atomic mass is 9.99. The molecule has 1 aliphatic rings. The minimum Gasteiger partial charge on any atom is -0.326 e. The molecule has 4 aromatic rings. The molecule has 3 heterocycles. The molecular formula is C27H26ClN5OS. The zero-order valence-electron chi connectivity index (χ0n) is 20.1. The van der Waals surface area contributed by atoms with Crippen molar-refractivity contribution in [2.45, 2.75) is 46.6 Å². The van der Waals surface area contributed by atoms with Crippen molar-refractivity contribution in [1.29, 1.82) is 0 Å². The second kappa shape index (κ2) is 9.40. The van der Waals surface area contributed by atoms with Crippen molar-refractivity contribution in [3.8, 4) is 5.00 Å². The van der Waals surface area contributed by atoms with Gasteiger partial charge < -0.3 is 5.32 Å². The molecular weight excluding hydrogens is 478 g/mol. The van der Waals surface area contributed by atoms with Crippen molar-refractivity contribution in [2.75, 3.05) is 5.32 Å². The van der Waals surface area contributed by atoms with E-state index in [4.69, 9.17) is 16.6 Å². The predicted octanol–water partition coefficient (Wildman–Crippen LogP) is 6.39. The Kier molecular flexibility index (Phi) is 6.30. The van der Waals surface area contributed by atoms with Crippen LogP contribution in [0.1, 0.15) is 58.2 Å². The lowest BCUT2D eigenvalue weighted by molar-refractivity contribution is -0.116. The van der Waals surface area contributed by atoms with Crippen LogP contribution >= 0.6 is 22.9 Å².